The van der Waals surface area contributed by atoms with Crippen LogP contribution < -0.4 is 0 Å². The molecular weight excluding hydrogens is 230 g/mol. The Morgan fingerprint density at radius 3 is 2.22 bits per heavy atom. The van der Waals surface area contributed by atoms with Crippen molar-refractivity contribution < 1.29 is 33.3 Å². The minimum absolute atomic E-state index is 0.426. The van der Waals surface area contributed by atoms with Crippen molar-refractivity contribution in [3.05, 3.63) is 33.3 Å². The summed E-state index contributed by atoms with van der Waals surface area (Å²) in [5, 5.41) is 22.4. The van der Waals surface area contributed by atoms with Crippen LogP contribution in [-0.4, -0.2) is 10.0 Å². The summed E-state index contributed by atoms with van der Waals surface area (Å²) < 4.78 is 133. The van der Waals surface area contributed by atoms with Crippen LogP contribution in [-0.2, 0) is 10.8 Å². The van der Waals surface area contributed by atoms with Gasteiger partial charge in [-0.05, 0) is 16.9 Å². The maximum absolute atomic E-state index is 11.8. The normalized spacial score (nSPS) is 29.9. The van der Waals surface area contributed by atoms with Crippen molar-refractivity contribution in [3.8, 4) is 5.75 Å². The van der Waals surface area contributed by atoms with E-state index in [1.165, 1.54) is 0 Å². The lowest BCUT2D eigenvalue weighted by atomic mass is 9.79. The van der Waals surface area contributed by atoms with Crippen molar-refractivity contribution in [2.24, 2.45) is 0 Å². The minimum Gasteiger partial charge on any atom is -0.507 e. The molecule has 0 amide bonds. The summed E-state index contributed by atoms with van der Waals surface area (Å²) in [4.78, 5) is 10.3. The molecule has 0 aliphatic rings. The molecule has 4 nitrogen and oxygen atoms in total. The van der Waals surface area contributed by atoms with Crippen molar-refractivity contribution >= 4 is 5.69 Å². The number of rotatable bonds is 1. The molecule has 0 bridgehead atoms. The van der Waals surface area contributed by atoms with Gasteiger partial charge < -0.3 is 5.11 Å². The number of phenolic OH excluding ortho intramolecular Hbond substituents is 1. The Balaban J connectivity index is 4.84. The van der Waals surface area contributed by atoms with E-state index in [0.717, 1.165) is 0 Å². The first-order valence-corrected chi connectivity index (χ1v) is 4.56. The largest absolute Gasteiger partial charge is 0.507 e. The van der Waals surface area contributed by atoms with E-state index in [1.54, 1.807) is 0 Å². The number of benzene rings is 1. The molecular formula is C14H21NO3. The molecule has 0 atom stereocenters. The monoisotopic (exact) mass is 268 g/mol. The van der Waals surface area contributed by atoms with Crippen LogP contribution in [0.15, 0.2) is 12.1 Å². The maximum Gasteiger partial charge on any atom is 0.276 e. The summed E-state index contributed by atoms with van der Waals surface area (Å²) in [5.74, 6) is -1.90. The van der Waals surface area contributed by atoms with E-state index >= 15 is 0 Å². The molecule has 100 valence electrons. The number of aromatic hydroxyl groups is 1. The second-order valence-electron chi connectivity index (χ2n) is 3.83. The van der Waals surface area contributed by atoms with Crippen molar-refractivity contribution in [1.82, 2.24) is 0 Å². The van der Waals surface area contributed by atoms with Gasteiger partial charge in [0.15, 0.2) is 0 Å². The fourth-order valence-electron chi connectivity index (χ4n) is 1.25. The predicted molar refractivity (Wildman–Crippen MR) is 72.2 cm³/mol. The molecule has 0 aliphatic carbocycles. The van der Waals surface area contributed by atoms with Crippen LogP contribution in [0.3, 0.4) is 0 Å². The Morgan fingerprint density at radius 2 is 1.78 bits per heavy atom. The molecule has 1 rings (SSSR count). The SMILES string of the molecule is [2H]c1c(O)c(C(C([2H])([2H])[2H])(C([2H])([2H])[2H])C([2H])([2H])[2H])c([2H])c(C(C)(C([2H])([2H])[2H])C([2H])([2H])[2H])c1[N+](=O)[O-]. The molecule has 0 radical (unpaired) electrons. The molecule has 0 heterocycles. The number of hydrogen-bond donors (Lipinski definition) is 1. The second kappa shape index (κ2) is 4.26. The summed E-state index contributed by atoms with van der Waals surface area (Å²) in [6.07, 6.45) is 0. The Morgan fingerprint density at radius 1 is 1.22 bits per heavy atom. The van der Waals surface area contributed by atoms with Crippen LogP contribution in [0.2, 0.25) is 0 Å². The zero-order valence-corrected chi connectivity index (χ0v) is 9.21. The molecule has 0 fully saturated rings. The van der Waals surface area contributed by atoms with Gasteiger partial charge >= 0.3 is 0 Å². The fraction of sp³-hybridized carbons (Fsp3) is 0.571. The molecule has 1 aromatic carbocycles. The summed E-state index contributed by atoms with van der Waals surface area (Å²) in [5.41, 5.74) is -12.8. The van der Waals surface area contributed by atoms with Crippen molar-refractivity contribution in [1.29, 1.82) is 0 Å². The van der Waals surface area contributed by atoms with Gasteiger partial charge in [-0.25, -0.2) is 0 Å². The first-order valence-electron chi connectivity index (χ1n) is 13.1. The lowest BCUT2D eigenvalue weighted by Gasteiger charge is -2.25. The topological polar surface area (TPSA) is 63.4 Å². The molecule has 1 aromatic rings. The average molecular weight is 268 g/mol. The van der Waals surface area contributed by atoms with Gasteiger partial charge in [0.05, 0.1) is 13.7 Å². The Labute approximate surface area is 132 Å². The van der Waals surface area contributed by atoms with E-state index in [2.05, 4.69) is 0 Å². The molecule has 18 heavy (non-hydrogen) atoms. The lowest BCUT2D eigenvalue weighted by molar-refractivity contribution is -0.386. The van der Waals surface area contributed by atoms with Crippen LogP contribution in [0.5, 0.6) is 5.75 Å². The molecule has 0 aliphatic heterocycles. The first kappa shape index (κ1) is 3.50. The van der Waals surface area contributed by atoms with E-state index in [-0.39, 0.29) is 0 Å². The summed E-state index contributed by atoms with van der Waals surface area (Å²) >= 11 is 0. The highest BCUT2D eigenvalue weighted by atomic mass is 16.6. The standard InChI is InChI=1S/C14H21NO3/c1-13(2,3)9-7-10(14(4,5)6)12(16)8-11(9)15(17)18/h7-8,16H,1-6H3/i1D3,2D3,4D3,5D3,6D3,7D,8D. The number of nitro groups is 1. The van der Waals surface area contributed by atoms with Gasteiger partial charge in [0.1, 0.15) is 5.75 Å². The Hall–Kier alpha value is -1.58. The van der Waals surface area contributed by atoms with Gasteiger partial charge in [0, 0.05) is 31.7 Å². The number of phenols is 1. The molecule has 4 heteroatoms. The zero-order chi connectivity index (χ0) is 28.5. The zero-order valence-electron chi connectivity index (χ0n) is 26.2. The van der Waals surface area contributed by atoms with Gasteiger partial charge in [-0.3, -0.25) is 10.1 Å². The smallest absolute Gasteiger partial charge is 0.276 e. The van der Waals surface area contributed by atoms with Crippen molar-refractivity contribution in [2.45, 2.75) is 52.0 Å². The third kappa shape index (κ3) is 2.81. The molecule has 1 N–H and O–H groups in total. The highest BCUT2D eigenvalue weighted by Crippen LogP contribution is 2.40. The number of nitrogens with zero attached hydrogens (tertiary/aromatic N) is 1. The van der Waals surface area contributed by atoms with Crippen LogP contribution in [0, 0.1) is 10.1 Å². The van der Waals surface area contributed by atoms with E-state index in [9.17, 15) is 15.2 Å². The third-order valence-corrected chi connectivity index (χ3v) is 2.02. The lowest BCUT2D eigenvalue weighted by Crippen LogP contribution is -2.18. The maximum atomic E-state index is 11.8. The van der Waals surface area contributed by atoms with E-state index in [4.69, 9.17) is 23.3 Å². The van der Waals surface area contributed by atoms with Gasteiger partial charge in [0.25, 0.3) is 5.69 Å². The van der Waals surface area contributed by atoms with Crippen LogP contribution in [0.25, 0.3) is 0 Å². The van der Waals surface area contributed by atoms with E-state index in [1.807, 2.05) is 0 Å². The quantitative estimate of drug-likeness (QED) is 0.620. The summed E-state index contributed by atoms with van der Waals surface area (Å²) in [6, 6.07) is -3.57. The summed E-state index contributed by atoms with van der Waals surface area (Å²) in [6.45, 7) is -19.4. The molecule has 0 unspecified atom stereocenters. The highest BCUT2D eigenvalue weighted by Gasteiger charge is 2.29. The number of hydrogen-bond acceptors (Lipinski definition) is 3. The molecule has 0 spiro atoms. The average Bonchev–Trinajstić information content (AvgIpc) is 2.54. The van der Waals surface area contributed by atoms with Gasteiger partial charge in [0.2, 0.25) is 0 Å². The minimum atomic E-state index is -4.18. The first-order chi connectivity index (χ1) is 15.0. The van der Waals surface area contributed by atoms with E-state index < -0.39 is 84.7 Å². The highest BCUT2D eigenvalue weighted by molar-refractivity contribution is 5.54. The molecule has 0 saturated heterocycles. The Kier molecular flexibility index (Phi) is 0.828. The third-order valence-electron chi connectivity index (χ3n) is 2.02. The summed E-state index contributed by atoms with van der Waals surface area (Å²) in [7, 11) is 0. The van der Waals surface area contributed by atoms with Gasteiger partial charge in [-0.2, -0.15) is 0 Å². The van der Waals surface area contributed by atoms with Crippen LogP contribution in [0.4, 0.5) is 5.69 Å². The van der Waals surface area contributed by atoms with Gasteiger partial charge in [-0.15, -0.1) is 0 Å². The Bertz CT molecular complexity index is 962. The molecule has 0 saturated carbocycles. The molecule has 0 aromatic heterocycles. The van der Waals surface area contributed by atoms with E-state index in [0.29, 0.717) is 6.92 Å². The van der Waals surface area contributed by atoms with Crippen molar-refractivity contribution in [2.75, 3.05) is 0 Å². The fourth-order valence-corrected chi connectivity index (χ4v) is 1.25. The van der Waals surface area contributed by atoms with Gasteiger partial charge in [-0.1, -0.05) is 41.2 Å². The van der Waals surface area contributed by atoms with Crippen molar-refractivity contribution in [3.63, 3.8) is 0 Å². The predicted octanol–water partition coefficient (Wildman–Crippen LogP) is 3.90. The second-order valence-corrected chi connectivity index (χ2v) is 3.83. The number of nitro benzene ring substituents is 1. The van der Waals surface area contributed by atoms with Crippen LogP contribution >= 0.6 is 0 Å². The van der Waals surface area contributed by atoms with Crippen LogP contribution in [0.1, 0.15) is 75.6 Å².